The molecule has 3 nitrogen and oxygen atoms in total. The number of nitrogens with one attached hydrogen (secondary N) is 1. The molecule has 108 valence electrons. The van der Waals surface area contributed by atoms with Gasteiger partial charge in [-0.05, 0) is 61.6 Å². The highest BCUT2D eigenvalue weighted by atomic mass is 16.2. The predicted molar refractivity (Wildman–Crippen MR) is 86.9 cm³/mol. The Balaban J connectivity index is 2.12. The van der Waals surface area contributed by atoms with Gasteiger partial charge in [-0.3, -0.25) is 4.79 Å². The molecule has 1 N–H and O–H groups in total. The Labute approximate surface area is 125 Å². The zero-order valence-electron chi connectivity index (χ0n) is 12.9. The molecule has 1 amide bonds. The summed E-state index contributed by atoms with van der Waals surface area (Å²) in [7, 11) is 0. The summed E-state index contributed by atoms with van der Waals surface area (Å²) in [6.07, 6.45) is 1.69. The number of hydrogen-bond donors (Lipinski definition) is 1. The van der Waals surface area contributed by atoms with Gasteiger partial charge in [-0.25, -0.2) is 5.43 Å². The zero-order valence-corrected chi connectivity index (χ0v) is 12.9. The van der Waals surface area contributed by atoms with E-state index in [1.165, 1.54) is 16.7 Å². The van der Waals surface area contributed by atoms with E-state index in [1.54, 1.807) is 12.3 Å². The first-order valence-corrected chi connectivity index (χ1v) is 6.96. The number of carbonyl (C=O) groups is 1. The molecule has 0 spiro atoms. The first-order chi connectivity index (χ1) is 10.0. The molecule has 2 aromatic carbocycles. The Kier molecular flexibility index (Phi) is 4.53. The first-order valence-electron chi connectivity index (χ1n) is 6.96. The summed E-state index contributed by atoms with van der Waals surface area (Å²) >= 11 is 0. The molecule has 0 aliphatic heterocycles. The third kappa shape index (κ3) is 3.37. The van der Waals surface area contributed by atoms with Crippen LogP contribution in [0.25, 0.3) is 0 Å². The van der Waals surface area contributed by atoms with E-state index >= 15 is 0 Å². The van der Waals surface area contributed by atoms with Gasteiger partial charge in [0.05, 0.1) is 6.21 Å². The lowest BCUT2D eigenvalue weighted by Gasteiger charge is -2.07. The maximum Gasteiger partial charge on any atom is 0.271 e. The Morgan fingerprint density at radius 2 is 1.67 bits per heavy atom. The largest absolute Gasteiger partial charge is 0.271 e. The molecular formula is C18H20N2O. The second-order valence-corrected chi connectivity index (χ2v) is 5.24. The van der Waals surface area contributed by atoms with Crippen molar-refractivity contribution in [3.8, 4) is 0 Å². The minimum atomic E-state index is -0.189. The highest BCUT2D eigenvalue weighted by molar-refractivity contribution is 5.96. The van der Waals surface area contributed by atoms with E-state index in [0.29, 0.717) is 5.56 Å². The number of nitrogens with zero attached hydrogens (tertiary/aromatic N) is 1. The number of hydrazone groups is 1. The molecule has 2 aromatic rings. The minimum absolute atomic E-state index is 0.189. The van der Waals surface area contributed by atoms with Crippen LogP contribution in [-0.2, 0) is 0 Å². The second-order valence-electron chi connectivity index (χ2n) is 5.24. The molecule has 0 aliphatic carbocycles. The highest BCUT2D eigenvalue weighted by Crippen LogP contribution is 2.15. The first kappa shape index (κ1) is 15.0. The lowest BCUT2D eigenvalue weighted by Crippen LogP contribution is -2.18. The fraction of sp³-hybridized carbons (Fsp3) is 0.222. The van der Waals surface area contributed by atoms with Gasteiger partial charge in [0, 0.05) is 5.56 Å². The van der Waals surface area contributed by atoms with E-state index in [9.17, 15) is 4.79 Å². The number of carbonyl (C=O) groups excluding carboxylic acids is 1. The molecular weight excluding hydrogens is 260 g/mol. The van der Waals surface area contributed by atoms with Crippen molar-refractivity contribution in [2.75, 3.05) is 0 Å². The van der Waals surface area contributed by atoms with Gasteiger partial charge in [0.2, 0.25) is 0 Å². The van der Waals surface area contributed by atoms with Gasteiger partial charge in [0.15, 0.2) is 0 Å². The number of amides is 1. The van der Waals surface area contributed by atoms with Crippen LogP contribution in [0, 0.1) is 27.7 Å². The quantitative estimate of drug-likeness (QED) is 0.676. The van der Waals surface area contributed by atoms with Crippen molar-refractivity contribution in [1.29, 1.82) is 0 Å². The third-order valence-electron chi connectivity index (χ3n) is 3.86. The molecule has 0 radical (unpaired) electrons. The van der Waals surface area contributed by atoms with Crippen molar-refractivity contribution in [3.05, 3.63) is 69.8 Å². The van der Waals surface area contributed by atoms with Crippen molar-refractivity contribution in [3.63, 3.8) is 0 Å². The highest BCUT2D eigenvalue weighted by Gasteiger charge is 2.06. The SMILES string of the molecule is Cc1ccccc1C(=O)N/N=C\c1ccc(C)c(C)c1C. The zero-order chi connectivity index (χ0) is 15.4. The van der Waals surface area contributed by atoms with E-state index in [4.69, 9.17) is 0 Å². The molecule has 0 aromatic heterocycles. The third-order valence-corrected chi connectivity index (χ3v) is 3.86. The van der Waals surface area contributed by atoms with Crippen molar-refractivity contribution in [2.24, 2.45) is 5.10 Å². The van der Waals surface area contributed by atoms with Crippen LogP contribution in [0.2, 0.25) is 0 Å². The van der Waals surface area contributed by atoms with Crippen LogP contribution in [-0.4, -0.2) is 12.1 Å². The molecule has 3 heteroatoms. The second kappa shape index (κ2) is 6.35. The van der Waals surface area contributed by atoms with Crippen LogP contribution in [0.4, 0.5) is 0 Å². The predicted octanol–water partition coefficient (Wildman–Crippen LogP) is 3.68. The molecule has 0 atom stereocenters. The summed E-state index contributed by atoms with van der Waals surface area (Å²) in [5.41, 5.74) is 8.88. The fourth-order valence-corrected chi connectivity index (χ4v) is 2.17. The van der Waals surface area contributed by atoms with Gasteiger partial charge in [0.25, 0.3) is 5.91 Å². The van der Waals surface area contributed by atoms with Gasteiger partial charge in [-0.1, -0.05) is 30.3 Å². The van der Waals surface area contributed by atoms with Gasteiger partial charge in [-0.2, -0.15) is 5.10 Å². The van der Waals surface area contributed by atoms with Crippen LogP contribution in [0.3, 0.4) is 0 Å². The number of hydrogen-bond acceptors (Lipinski definition) is 2. The van der Waals surface area contributed by atoms with Crippen LogP contribution in [0.5, 0.6) is 0 Å². The molecule has 0 heterocycles. The van der Waals surface area contributed by atoms with Gasteiger partial charge < -0.3 is 0 Å². The topological polar surface area (TPSA) is 41.5 Å². The van der Waals surface area contributed by atoms with Crippen LogP contribution >= 0.6 is 0 Å². The summed E-state index contributed by atoms with van der Waals surface area (Å²) in [5, 5.41) is 4.07. The maximum absolute atomic E-state index is 12.0. The Hall–Kier alpha value is -2.42. The van der Waals surface area contributed by atoms with E-state index in [2.05, 4.69) is 37.4 Å². The molecule has 0 unspecified atom stereocenters. The van der Waals surface area contributed by atoms with Crippen molar-refractivity contribution >= 4 is 12.1 Å². The summed E-state index contributed by atoms with van der Waals surface area (Å²) in [5.74, 6) is -0.189. The normalized spacial score (nSPS) is 10.9. The Morgan fingerprint density at radius 3 is 2.38 bits per heavy atom. The molecule has 0 saturated carbocycles. The minimum Gasteiger partial charge on any atom is -0.267 e. The molecule has 0 aliphatic rings. The molecule has 2 rings (SSSR count). The maximum atomic E-state index is 12.0. The lowest BCUT2D eigenvalue weighted by molar-refractivity contribution is 0.0954. The van der Waals surface area contributed by atoms with Crippen molar-refractivity contribution < 1.29 is 4.79 Å². The van der Waals surface area contributed by atoms with Gasteiger partial charge in [-0.15, -0.1) is 0 Å². The summed E-state index contributed by atoms with van der Waals surface area (Å²) in [4.78, 5) is 12.0. The van der Waals surface area contributed by atoms with Crippen LogP contribution < -0.4 is 5.43 Å². The van der Waals surface area contributed by atoms with Crippen LogP contribution in [0.1, 0.15) is 38.2 Å². The standard InChI is InChI=1S/C18H20N2O/c1-12-9-10-16(15(4)14(12)3)11-19-20-18(21)17-8-6-5-7-13(17)2/h5-11H,1-4H3,(H,20,21)/b19-11-. The Bertz CT molecular complexity index is 702. The molecule has 0 fully saturated rings. The number of benzene rings is 2. The van der Waals surface area contributed by atoms with Gasteiger partial charge >= 0.3 is 0 Å². The number of rotatable bonds is 3. The number of aryl methyl sites for hydroxylation is 2. The van der Waals surface area contributed by atoms with Crippen molar-refractivity contribution in [2.45, 2.75) is 27.7 Å². The van der Waals surface area contributed by atoms with E-state index in [1.807, 2.05) is 31.2 Å². The molecule has 0 saturated heterocycles. The van der Waals surface area contributed by atoms with Gasteiger partial charge in [0.1, 0.15) is 0 Å². The lowest BCUT2D eigenvalue weighted by atomic mass is 10.00. The average Bonchev–Trinajstić information content (AvgIpc) is 2.47. The van der Waals surface area contributed by atoms with Crippen molar-refractivity contribution in [1.82, 2.24) is 5.43 Å². The molecule has 21 heavy (non-hydrogen) atoms. The summed E-state index contributed by atoms with van der Waals surface area (Å²) < 4.78 is 0. The van der Waals surface area contributed by atoms with E-state index < -0.39 is 0 Å². The fourth-order valence-electron chi connectivity index (χ4n) is 2.17. The van der Waals surface area contributed by atoms with Crippen LogP contribution in [0.15, 0.2) is 41.5 Å². The average molecular weight is 280 g/mol. The van der Waals surface area contributed by atoms with E-state index in [0.717, 1.165) is 11.1 Å². The monoisotopic (exact) mass is 280 g/mol. The summed E-state index contributed by atoms with van der Waals surface area (Å²) in [6, 6.07) is 11.5. The smallest absolute Gasteiger partial charge is 0.267 e. The molecule has 0 bridgehead atoms. The summed E-state index contributed by atoms with van der Waals surface area (Å²) in [6.45, 7) is 8.15. The Morgan fingerprint density at radius 1 is 0.952 bits per heavy atom. The van der Waals surface area contributed by atoms with E-state index in [-0.39, 0.29) is 5.91 Å².